The molecule has 162 valence electrons. The SMILES string of the molecule is CCC(=O)N1c2ccccc2NC2=C(C(=O)C[C@@H](c3ccco3)C2)[C@H]1c1ccc(Cl)cc1. The zero-order chi connectivity index (χ0) is 22.2. The maximum Gasteiger partial charge on any atom is 0.227 e. The van der Waals surface area contributed by atoms with Crippen LogP contribution in [0, 0.1) is 0 Å². The number of hydrogen-bond acceptors (Lipinski definition) is 4. The number of benzene rings is 2. The molecule has 0 fully saturated rings. The van der Waals surface area contributed by atoms with Crippen molar-refractivity contribution in [1.82, 2.24) is 0 Å². The van der Waals surface area contributed by atoms with Crippen LogP contribution in [0.15, 0.2) is 82.6 Å². The van der Waals surface area contributed by atoms with E-state index >= 15 is 0 Å². The van der Waals surface area contributed by atoms with Crippen molar-refractivity contribution in [2.75, 3.05) is 10.2 Å². The number of para-hydroxylation sites is 2. The molecule has 1 N–H and O–H groups in total. The average Bonchev–Trinajstić information content (AvgIpc) is 3.29. The lowest BCUT2D eigenvalue weighted by atomic mass is 9.80. The predicted molar refractivity (Wildman–Crippen MR) is 125 cm³/mol. The fourth-order valence-electron chi connectivity index (χ4n) is 4.72. The molecule has 1 amide bonds. The number of nitrogens with one attached hydrogen (secondary N) is 1. The van der Waals surface area contributed by atoms with Crippen molar-refractivity contribution in [1.29, 1.82) is 0 Å². The number of fused-ring (bicyclic) bond motifs is 1. The molecular formula is C26H23ClN2O3. The Morgan fingerprint density at radius 1 is 1.09 bits per heavy atom. The van der Waals surface area contributed by atoms with E-state index in [1.54, 1.807) is 23.3 Å². The summed E-state index contributed by atoms with van der Waals surface area (Å²) in [6.45, 7) is 1.84. The van der Waals surface area contributed by atoms with Gasteiger partial charge in [-0.3, -0.25) is 14.5 Å². The summed E-state index contributed by atoms with van der Waals surface area (Å²) in [6, 6.07) is 18.3. The molecule has 0 unspecified atom stereocenters. The van der Waals surface area contributed by atoms with Crippen molar-refractivity contribution in [3.8, 4) is 0 Å². The molecule has 0 saturated heterocycles. The molecule has 1 aliphatic heterocycles. The predicted octanol–water partition coefficient (Wildman–Crippen LogP) is 6.24. The molecule has 0 bridgehead atoms. The molecule has 0 radical (unpaired) electrons. The van der Waals surface area contributed by atoms with Gasteiger partial charge in [0.1, 0.15) is 5.76 Å². The summed E-state index contributed by atoms with van der Waals surface area (Å²) < 4.78 is 5.62. The fraction of sp³-hybridized carbons (Fsp3) is 0.231. The molecule has 5 nitrogen and oxygen atoms in total. The molecule has 0 spiro atoms. The van der Waals surface area contributed by atoms with E-state index in [1.165, 1.54) is 0 Å². The number of hydrogen-bond donors (Lipinski definition) is 1. The number of Topliss-reactive ketones (excluding diaryl/α,β-unsaturated/α-hetero) is 1. The average molecular weight is 447 g/mol. The number of amides is 1. The highest BCUT2D eigenvalue weighted by molar-refractivity contribution is 6.30. The molecule has 2 atom stereocenters. The van der Waals surface area contributed by atoms with E-state index in [9.17, 15) is 9.59 Å². The van der Waals surface area contributed by atoms with Gasteiger partial charge in [0.05, 0.1) is 23.7 Å². The molecule has 2 aromatic carbocycles. The number of furan rings is 1. The Morgan fingerprint density at radius 3 is 2.59 bits per heavy atom. The number of carbonyl (C=O) groups is 2. The molecule has 2 aliphatic rings. The van der Waals surface area contributed by atoms with Crippen LogP contribution in [0.25, 0.3) is 0 Å². The van der Waals surface area contributed by atoms with Gasteiger partial charge in [-0.25, -0.2) is 0 Å². The molecule has 6 heteroatoms. The molecule has 0 saturated carbocycles. The summed E-state index contributed by atoms with van der Waals surface area (Å²) in [5.74, 6) is 0.722. The van der Waals surface area contributed by atoms with E-state index in [1.807, 2.05) is 55.5 Å². The van der Waals surface area contributed by atoms with Crippen molar-refractivity contribution >= 4 is 34.7 Å². The smallest absolute Gasteiger partial charge is 0.227 e. The number of nitrogens with zero attached hydrogens (tertiary/aromatic N) is 1. The standard InChI is InChI=1S/C26H23ClN2O3/c1-2-24(31)29-21-7-4-3-6-19(21)28-20-14-17(23-8-5-13-32-23)15-22(30)25(20)26(29)16-9-11-18(27)12-10-16/h3-13,17,26,28H,2,14-15H2,1H3/t17-,26+/m0/s1. The van der Waals surface area contributed by atoms with Crippen molar-refractivity contribution in [3.05, 3.63) is 94.5 Å². The largest absolute Gasteiger partial charge is 0.469 e. The third kappa shape index (κ3) is 3.53. The van der Waals surface area contributed by atoms with Crippen molar-refractivity contribution in [3.63, 3.8) is 0 Å². The van der Waals surface area contributed by atoms with Crippen LogP contribution in [0.3, 0.4) is 0 Å². The minimum Gasteiger partial charge on any atom is -0.469 e. The second kappa shape index (κ2) is 8.32. The van der Waals surface area contributed by atoms with Gasteiger partial charge in [0.2, 0.25) is 5.91 Å². The minimum absolute atomic E-state index is 0.0156. The second-order valence-corrected chi connectivity index (χ2v) is 8.59. The van der Waals surface area contributed by atoms with Crippen LogP contribution >= 0.6 is 11.6 Å². The fourth-order valence-corrected chi connectivity index (χ4v) is 4.85. The number of allylic oxidation sites excluding steroid dienone is 1. The van der Waals surface area contributed by atoms with E-state index in [0.29, 0.717) is 29.9 Å². The lowest BCUT2D eigenvalue weighted by molar-refractivity contribution is -0.119. The number of rotatable bonds is 3. The number of carbonyl (C=O) groups excluding carboxylic acids is 2. The third-order valence-electron chi connectivity index (χ3n) is 6.19. The zero-order valence-corrected chi connectivity index (χ0v) is 18.4. The molecule has 1 aromatic heterocycles. The minimum atomic E-state index is -0.532. The van der Waals surface area contributed by atoms with Gasteiger partial charge in [-0.1, -0.05) is 42.8 Å². The number of halogens is 1. The first-order valence-electron chi connectivity index (χ1n) is 10.8. The topological polar surface area (TPSA) is 62.6 Å². The summed E-state index contributed by atoms with van der Waals surface area (Å²) in [4.78, 5) is 28.7. The monoisotopic (exact) mass is 446 g/mol. The van der Waals surface area contributed by atoms with Crippen molar-refractivity contribution in [2.24, 2.45) is 0 Å². The molecule has 2 heterocycles. The summed E-state index contributed by atoms with van der Waals surface area (Å²) in [6.07, 6.45) is 2.92. The maximum absolute atomic E-state index is 13.6. The van der Waals surface area contributed by atoms with Gasteiger partial charge in [0.25, 0.3) is 0 Å². The Balaban J connectivity index is 1.72. The van der Waals surface area contributed by atoms with Crippen LogP contribution in [0.5, 0.6) is 0 Å². The summed E-state index contributed by atoms with van der Waals surface area (Å²) in [5.41, 5.74) is 3.89. The first-order valence-corrected chi connectivity index (χ1v) is 11.2. The quantitative estimate of drug-likeness (QED) is 0.517. The van der Waals surface area contributed by atoms with Crippen LogP contribution in [0.4, 0.5) is 11.4 Å². The lowest BCUT2D eigenvalue weighted by Gasteiger charge is -2.34. The highest BCUT2D eigenvalue weighted by Gasteiger charge is 2.41. The Kier molecular flexibility index (Phi) is 5.35. The number of anilines is 2. The maximum atomic E-state index is 13.6. The normalized spacial score (nSPS) is 20.3. The molecular weight excluding hydrogens is 424 g/mol. The van der Waals surface area contributed by atoms with E-state index in [-0.39, 0.29) is 17.6 Å². The first kappa shape index (κ1) is 20.6. The Bertz CT molecular complexity index is 1200. The number of ketones is 1. The van der Waals surface area contributed by atoms with Gasteiger partial charge in [-0.15, -0.1) is 0 Å². The van der Waals surface area contributed by atoms with Crippen LogP contribution in [-0.2, 0) is 9.59 Å². The van der Waals surface area contributed by atoms with E-state index in [4.69, 9.17) is 16.0 Å². The summed E-state index contributed by atoms with van der Waals surface area (Å²) in [7, 11) is 0. The highest BCUT2D eigenvalue weighted by Crippen LogP contribution is 2.47. The van der Waals surface area contributed by atoms with Gasteiger partial charge in [0.15, 0.2) is 5.78 Å². The highest BCUT2D eigenvalue weighted by atomic mass is 35.5. The molecule has 1 aliphatic carbocycles. The van der Waals surface area contributed by atoms with E-state index in [0.717, 1.165) is 28.4 Å². The lowest BCUT2D eigenvalue weighted by Crippen LogP contribution is -2.38. The van der Waals surface area contributed by atoms with Gasteiger partial charge in [0, 0.05) is 35.1 Å². The zero-order valence-electron chi connectivity index (χ0n) is 17.7. The van der Waals surface area contributed by atoms with Gasteiger partial charge in [-0.2, -0.15) is 0 Å². The Hall–Kier alpha value is -3.31. The van der Waals surface area contributed by atoms with Gasteiger partial charge < -0.3 is 9.73 Å². The van der Waals surface area contributed by atoms with Crippen LogP contribution in [-0.4, -0.2) is 11.7 Å². The third-order valence-corrected chi connectivity index (χ3v) is 6.44. The molecule has 32 heavy (non-hydrogen) atoms. The van der Waals surface area contributed by atoms with Crippen LogP contribution in [0.1, 0.15) is 49.5 Å². The first-order chi connectivity index (χ1) is 15.6. The summed E-state index contributed by atoms with van der Waals surface area (Å²) in [5, 5.41) is 4.11. The van der Waals surface area contributed by atoms with Crippen LogP contribution in [0.2, 0.25) is 5.02 Å². The summed E-state index contributed by atoms with van der Waals surface area (Å²) >= 11 is 6.15. The van der Waals surface area contributed by atoms with Gasteiger partial charge >= 0.3 is 0 Å². The van der Waals surface area contributed by atoms with Crippen molar-refractivity contribution in [2.45, 2.75) is 38.1 Å². The van der Waals surface area contributed by atoms with E-state index in [2.05, 4.69) is 5.32 Å². The molecule has 5 rings (SSSR count). The Labute approximate surface area is 191 Å². The molecule has 3 aromatic rings. The van der Waals surface area contributed by atoms with Gasteiger partial charge in [-0.05, 0) is 48.4 Å². The van der Waals surface area contributed by atoms with Crippen molar-refractivity contribution < 1.29 is 14.0 Å². The van der Waals surface area contributed by atoms with Crippen LogP contribution < -0.4 is 10.2 Å². The second-order valence-electron chi connectivity index (χ2n) is 8.15. The van der Waals surface area contributed by atoms with E-state index < -0.39 is 6.04 Å². The Morgan fingerprint density at radius 2 is 1.88 bits per heavy atom.